The first-order valence-corrected chi connectivity index (χ1v) is 7.18. The van der Waals surface area contributed by atoms with E-state index in [1.807, 2.05) is 0 Å². The van der Waals surface area contributed by atoms with E-state index < -0.39 is 11.4 Å². The van der Waals surface area contributed by atoms with Crippen molar-refractivity contribution >= 4 is 34.9 Å². The number of rotatable bonds is 7. The average molecular weight is 338 g/mol. The lowest BCUT2D eigenvalue weighted by molar-refractivity contribution is -0.123. The first kappa shape index (κ1) is 17.6. The van der Waals surface area contributed by atoms with Crippen molar-refractivity contribution in [2.24, 2.45) is 5.73 Å². The maximum Gasteiger partial charge on any atom is 0.441 e. The van der Waals surface area contributed by atoms with E-state index in [0.717, 1.165) is 0 Å². The predicted octanol–water partition coefficient (Wildman–Crippen LogP) is 2.07. The molecule has 1 aromatic carbocycles. The summed E-state index contributed by atoms with van der Waals surface area (Å²) in [6.07, 6.45) is 0. The third kappa shape index (κ3) is 7.19. The Morgan fingerprint density at radius 2 is 2.05 bits per heavy atom. The van der Waals surface area contributed by atoms with Crippen molar-refractivity contribution in [3.63, 3.8) is 0 Å². The normalized spacial score (nSPS) is 11.0. The van der Waals surface area contributed by atoms with Crippen molar-refractivity contribution in [3.05, 3.63) is 29.8 Å². The third-order valence-electron chi connectivity index (χ3n) is 2.20. The number of carbonyl (C=O) groups is 1. The Kier molecular flexibility index (Phi) is 6.76. The maximum atomic E-state index is 11.9. The lowest BCUT2D eigenvalue weighted by atomic mass is 10.2. The second-order valence-corrected chi connectivity index (χ2v) is 5.39. The number of hydrogen-bond acceptors (Lipinski definition) is 4. The maximum absolute atomic E-state index is 11.9. The molecular weight excluding hydrogens is 325 g/mol. The van der Waals surface area contributed by atoms with Crippen LogP contribution in [0.25, 0.3) is 0 Å². The molecule has 1 amide bonds. The van der Waals surface area contributed by atoms with Crippen LogP contribution in [0.5, 0.6) is 5.75 Å². The molecule has 0 atom stereocenters. The van der Waals surface area contributed by atoms with Crippen molar-refractivity contribution in [3.8, 4) is 5.75 Å². The number of ether oxygens (including phenoxy) is 1. The summed E-state index contributed by atoms with van der Waals surface area (Å²) in [4.78, 5) is 11.6. The molecule has 1 aromatic rings. The fraction of sp³-hybridized carbons (Fsp3) is 0.333. The number of carbonyl (C=O) groups excluding carboxylic acids is 1. The first-order chi connectivity index (χ1) is 9.79. The van der Waals surface area contributed by atoms with E-state index in [1.165, 1.54) is 0 Å². The Hall–Kier alpha value is -1.48. The average Bonchev–Trinajstić information content (AvgIpc) is 2.40. The monoisotopic (exact) mass is 338 g/mol. The highest BCUT2D eigenvalue weighted by Crippen LogP contribution is 2.29. The molecule has 0 aromatic heterocycles. The topological polar surface area (TPSA) is 64.3 Å². The molecule has 1 rings (SSSR count). The molecule has 3 N–H and O–H groups in total. The van der Waals surface area contributed by atoms with E-state index in [9.17, 15) is 18.0 Å². The largest absolute Gasteiger partial charge is 0.483 e. The third-order valence-corrected chi connectivity index (χ3v) is 3.16. The second-order valence-electron chi connectivity index (χ2n) is 3.79. The highest BCUT2D eigenvalue weighted by Gasteiger charge is 2.27. The minimum absolute atomic E-state index is 0.0939. The number of para-hydroxylation sites is 1. The van der Waals surface area contributed by atoms with Crippen LogP contribution >= 0.6 is 24.0 Å². The summed E-state index contributed by atoms with van der Waals surface area (Å²) < 4.78 is 40.9. The van der Waals surface area contributed by atoms with Crippen LogP contribution in [0.15, 0.2) is 24.3 Å². The van der Waals surface area contributed by atoms with Crippen molar-refractivity contribution in [2.75, 3.05) is 18.9 Å². The van der Waals surface area contributed by atoms with Gasteiger partial charge in [0.2, 0.25) is 0 Å². The lowest BCUT2D eigenvalue weighted by Crippen LogP contribution is -2.31. The summed E-state index contributed by atoms with van der Waals surface area (Å²) in [7, 11) is 0. The van der Waals surface area contributed by atoms with Gasteiger partial charge in [0.05, 0.1) is 5.56 Å². The van der Waals surface area contributed by atoms with Gasteiger partial charge >= 0.3 is 5.51 Å². The summed E-state index contributed by atoms with van der Waals surface area (Å²) in [5.41, 5.74) is 1.70. The van der Waals surface area contributed by atoms with Gasteiger partial charge in [-0.25, -0.2) is 0 Å². The molecule has 0 unspecified atom stereocenters. The van der Waals surface area contributed by atoms with Gasteiger partial charge in [-0.1, -0.05) is 24.4 Å². The second kappa shape index (κ2) is 8.08. The fourth-order valence-corrected chi connectivity index (χ4v) is 1.95. The minimum Gasteiger partial charge on any atom is -0.483 e. The fourth-order valence-electron chi connectivity index (χ4n) is 1.35. The number of thioether (sulfide) groups is 1. The zero-order chi connectivity index (χ0) is 15.9. The summed E-state index contributed by atoms with van der Waals surface area (Å²) in [6.45, 7) is -0.417. The number of halogens is 3. The number of nitrogens with one attached hydrogen (secondary N) is 1. The van der Waals surface area contributed by atoms with Crippen LogP contribution < -0.4 is 15.8 Å². The summed E-state index contributed by atoms with van der Waals surface area (Å²) >= 11 is 4.65. The predicted molar refractivity (Wildman–Crippen MR) is 79.3 cm³/mol. The zero-order valence-electron chi connectivity index (χ0n) is 10.8. The van der Waals surface area contributed by atoms with Crippen LogP contribution in [0.3, 0.4) is 0 Å². The van der Waals surface area contributed by atoms with Crippen LogP contribution in [0.4, 0.5) is 13.2 Å². The number of alkyl halides is 3. The van der Waals surface area contributed by atoms with Gasteiger partial charge in [0, 0.05) is 12.3 Å². The SMILES string of the molecule is NC(=S)c1ccccc1OCC(=O)NCCSC(F)(F)F. The van der Waals surface area contributed by atoms with Crippen LogP contribution in [0.2, 0.25) is 0 Å². The van der Waals surface area contributed by atoms with Gasteiger partial charge in [0.25, 0.3) is 5.91 Å². The summed E-state index contributed by atoms with van der Waals surface area (Å²) in [5, 5.41) is 2.33. The van der Waals surface area contributed by atoms with Crippen LogP contribution in [0, 0.1) is 0 Å². The van der Waals surface area contributed by atoms with E-state index in [1.54, 1.807) is 24.3 Å². The molecule has 21 heavy (non-hydrogen) atoms. The van der Waals surface area contributed by atoms with Gasteiger partial charge in [-0.05, 0) is 23.9 Å². The van der Waals surface area contributed by atoms with Gasteiger partial charge < -0.3 is 15.8 Å². The Morgan fingerprint density at radius 1 is 1.38 bits per heavy atom. The number of thiocarbonyl (C=S) groups is 1. The first-order valence-electron chi connectivity index (χ1n) is 5.78. The van der Waals surface area contributed by atoms with E-state index in [0.29, 0.717) is 11.3 Å². The van der Waals surface area contributed by atoms with Crippen molar-refractivity contribution in [1.29, 1.82) is 0 Å². The Bertz CT molecular complexity index is 510. The minimum atomic E-state index is -4.29. The highest BCUT2D eigenvalue weighted by molar-refractivity contribution is 8.00. The Morgan fingerprint density at radius 3 is 2.67 bits per heavy atom. The highest BCUT2D eigenvalue weighted by atomic mass is 32.2. The Balaban J connectivity index is 2.35. The molecule has 0 saturated heterocycles. The number of benzene rings is 1. The van der Waals surface area contributed by atoms with Crippen LogP contribution in [-0.4, -0.2) is 35.3 Å². The van der Waals surface area contributed by atoms with Gasteiger partial charge in [-0.2, -0.15) is 13.2 Å². The van der Waals surface area contributed by atoms with E-state index in [4.69, 9.17) is 22.7 Å². The van der Waals surface area contributed by atoms with Gasteiger partial charge in [-0.3, -0.25) is 4.79 Å². The van der Waals surface area contributed by atoms with Crippen molar-refractivity contribution < 1.29 is 22.7 Å². The molecule has 0 aliphatic heterocycles. The van der Waals surface area contributed by atoms with Gasteiger partial charge in [0.15, 0.2) is 6.61 Å². The number of amides is 1. The molecule has 0 saturated carbocycles. The lowest BCUT2D eigenvalue weighted by Gasteiger charge is -2.11. The molecule has 0 aliphatic rings. The standard InChI is InChI=1S/C12H13F3N2O2S2/c13-12(14,15)21-6-5-17-10(18)7-19-9-4-2-1-3-8(9)11(16)20/h1-4H,5-7H2,(H2,16,20)(H,17,18). The van der Waals surface area contributed by atoms with E-state index >= 15 is 0 Å². The van der Waals surface area contributed by atoms with Gasteiger partial charge in [-0.15, -0.1) is 0 Å². The van der Waals surface area contributed by atoms with Crippen molar-refractivity contribution in [1.82, 2.24) is 5.32 Å². The van der Waals surface area contributed by atoms with Crippen molar-refractivity contribution in [2.45, 2.75) is 5.51 Å². The molecule has 0 spiro atoms. The molecule has 0 radical (unpaired) electrons. The zero-order valence-corrected chi connectivity index (χ0v) is 12.4. The molecule has 4 nitrogen and oxygen atoms in total. The molecule has 0 fully saturated rings. The molecular formula is C12H13F3N2O2S2. The van der Waals surface area contributed by atoms with Crippen LogP contribution in [0.1, 0.15) is 5.56 Å². The summed E-state index contributed by atoms with van der Waals surface area (Å²) in [6, 6.07) is 6.65. The molecule has 0 heterocycles. The quantitative estimate of drug-likeness (QED) is 0.589. The molecule has 9 heteroatoms. The molecule has 0 aliphatic carbocycles. The number of nitrogens with two attached hydrogens (primary N) is 1. The van der Waals surface area contributed by atoms with E-state index in [-0.39, 0.29) is 35.7 Å². The Labute approximate surface area is 129 Å². The molecule has 0 bridgehead atoms. The number of hydrogen-bond donors (Lipinski definition) is 2. The van der Waals surface area contributed by atoms with E-state index in [2.05, 4.69) is 5.32 Å². The van der Waals surface area contributed by atoms with Gasteiger partial charge in [0.1, 0.15) is 10.7 Å². The summed E-state index contributed by atoms with van der Waals surface area (Å²) in [5.74, 6) is -0.418. The van der Waals surface area contributed by atoms with Crippen LogP contribution in [-0.2, 0) is 4.79 Å². The smallest absolute Gasteiger partial charge is 0.441 e. The molecule has 116 valence electrons.